The second-order valence-electron chi connectivity index (χ2n) is 4.26. The molecule has 1 heterocycles. The van der Waals surface area contributed by atoms with Crippen LogP contribution in [0.5, 0.6) is 0 Å². The van der Waals surface area contributed by atoms with E-state index in [1.807, 2.05) is 42.5 Å². The van der Waals surface area contributed by atoms with Gasteiger partial charge >= 0.3 is 0 Å². The summed E-state index contributed by atoms with van der Waals surface area (Å²) in [5, 5.41) is 0. The molecule has 0 unspecified atom stereocenters. The van der Waals surface area contributed by atoms with Gasteiger partial charge in [-0.1, -0.05) is 34.1 Å². The first kappa shape index (κ1) is 15.5. The van der Waals surface area contributed by atoms with Crippen LogP contribution >= 0.6 is 43.2 Å². The van der Waals surface area contributed by atoms with Crippen LogP contribution in [-0.4, -0.2) is 17.9 Å². The summed E-state index contributed by atoms with van der Waals surface area (Å²) in [6, 6.07) is 11.9. The molecule has 0 N–H and O–H groups in total. The quantitative estimate of drug-likeness (QED) is 0.648. The van der Waals surface area contributed by atoms with Crippen molar-refractivity contribution in [1.29, 1.82) is 0 Å². The van der Waals surface area contributed by atoms with Crippen molar-refractivity contribution in [2.75, 3.05) is 7.05 Å². The average Bonchev–Trinajstić information content (AvgIpc) is 2.84. The van der Waals surface area contributed by atoms with Crippen LogP contribution in [0.15, 0.2) is 50.7 Å². The Hall–Kier alpha value is -0.910. The molecule has 5 heteroatoms. The first-order chi connectivity index (χ1) is 9.56. The summed E-state index contributed by atoms with van der Waals surface area (Å²) in [6.07, 6.45) is 3.45. The van der Waals surface area contributed by atoms with Crippen LogP contribution in [0, 0.1) is 0 Å². The van der Waals surface area contributed by atoms with Crippen LogP contribution < -0.4 is 0 Å². The number of hydrogen-bond acceptors (Lipinski definition) is 2. The molecular weight excluding hydrogens is 402 g/mol. The Bertz CT molecular complexity index is 636. The highest BCUT2D eigenvalue weighted by Gasteiger charge is 2.07. The van der Waals surface area contributed by atoms with Crippen molar-refractivity contribution in [3.05, 3.63) is 61.2 Å². The predicted octanol–water partition coefficient (Wildman–Crippen LogP) is 4.94. The van der Waals surface area contributed by atoms with Gasteiger partial charge in [0, 0.05) is 29.0 Å². The number of carbonyl (C=O) groups is 1. The van der Waals surface area contributed by atoms with E-state index >= 15 is 0 Å². The molecule has 1 aromatic heterocycles. The molecule has 2 nitrogen and oxygen atoms in total. The fraction of sp³-hybridized carbons (Fsp3) is 0.133. The fourth-order valence-electron chi connectivity index (χ4n) is 1.66. The first-order valence-corrected chi connectivity index (χ1v) is 8.38. The smallest absolute Gasteiger partial charge is 0.246 e. The van der Waals surface area contributed by atoms with Gasteiger partial charge in [0.25, 0.3) is 0 Å². The lowest BCUT2D eigenvalue weighted by Crippen LogP contribution is -2.24. The van der Waals surface area contributed by atoms with E-state index in [4.69, 9.17) is 0 Å². The highest BCUT2D eigenvalue weighted by atomic mass is 79.9. The van der Waals surface area contributed by atoms with Crippen molar-refractivity contribution >= 4 is 55.2 Å². The number of carbonyl (C=O) groups excluding carboxylic acids is 1. The average molecular weight is 415 g/mol. The van der Waals surface area contributed by atoms with E-state index < -0.39 is 0 Å². The maximum atomic E-state index is 12.1. The molecule has 0 bridgehead atoms. The number of amides is 1. The van der Waals surface area contributed by atoms with Crippen LogP contribution in [-0.2, 0) is 11.3 Å². The summed E-state index contributed by atoms with van der Waals surface area (Å²) < 4.78 is 2.08. The molecule has 0 aliphatic heterocycles. The molecule has 20 heavy (non-hydrogen) atoms. The summed E-state index contributed by atoms with van der Waals surface area (Å²) in [6.45, 7) is 0.582. The normalized spacial score (nSPS) is 10.9. The number of likely N-dealkylation sites (N-methyl/N-ethyl adjacent to an activating group) is 1. The highest BCUT2D eigenvalue weighted by Crippen LogP contribution is 2.23. The van der Waals surface area contributed by atoms with Gasteiger partial charge in [0.05, 0.1) is 3.79 Å². The SMILES string of the molecule is CN(Cc1ccccc1Br)C(=O)/C=C/c1ccc(Br)s1. The molecule has 0 aliphatic rings. The molecule has 0 radical (unpaired) electrons. The minimum Gasteiger partial charge on any atom is -0.338 e. The lowest BCUT2D eigenvalue weighted by molar-refractivity contribution is -0.125. The Labute approximate surface area is 139 Å². The Morgan fingerprint density at radius 3 is 2.65 bits per heavy atom. The Balaban J connectivity index is 1.99. The van der Waals surface area contributed by atoms with Crippen molar-refractivity contribution in [2.24, 2.45) is 0 Å². The molecule has 0 saturated carbocycles. The van der Waals surface area contributed by atoms with Gasteiger partial charge in [-0.05, 0) is 45.8 Å². The number of nitrogens with zero attached hydrogens (tertiary/aromatic N) is 1. The molecule has 1 amide bonds. The first-order valence-electron chi connectivity index (χ1n) is 5.98. The molecule has 2 rings (SSSR count). The van der Waals surface area contributed by atoms with Gasteiger partial charge < -0.3 is 4.90 Å². The third kappa shape index (κ3) is 4.30. The van der Waals surface area contributed by atoms with Crippen LogP contribution in [0.2, 0.25) is 0 Å². The van der Waals surface area contributed by atoms with E-state index in [1.54, 1.807) is 29.4 Å². The predicted molar refractivity (Wildman–Crippen MR) is 91.7 cm³/mol. The molecular formula is C15H13Br2NOS. The number of halogens is 2. The monoisotopic (exact) mass is 413 g/mol. The van der Waals surface area contributed by atoms with Crippen molar-refractivity contribution in [2.45, 2.75) is 6.54 Å². The largest absolute Gasteiger partial charge is 0.338 e. The molecule has 0 saturated heterocycles. The van der Waals surface area contributed by atoms with Gasteiger partial charge in [-0.25, -0.2) is 0 Å². The van der Waals surface area contributed by atoms with Gasteiger partial charge in [-0.2, -0.15) is 0 Å². The van der Waals surface area contributed by atoms with E-state index in [0.717, 1.165) is 18.7 Å². The van der Waals surface area contributed by atoms with Gasteiger partial charge in [0.1, 0.15) is 0 Å². The molecule has 104 valence electrons. The Morgan fingerprint density at radius 1 is 1.25 bits per heavy atom. The third-order valence-corrected chi connectivity index (χ3v) is 5.09. The van der Waals surface area contributed by atoms with E-state index in [-0.39, 0.29) is 5.91 Å². The minimum atomic E-state index is -0.00900. The van der Waals surface area contributed by atoms with Gasteiger partial charge in [0.15, 0.2) is 0 Å². The van der Waals surface area contributed by atoms with Gasteiger partial charge in [-0.15, -0.1) is 11.3 Å². The summed E-state index contributed by atoms with van der Waals surface area (Å²) in [5.74, 6) is -0.00900. The summed E-state index contributed by atoms with van der Waals surface area (Å²) in [4.78, 5) is 14.8. The third-order valence-electron chi connectivity index (χ3n) is 2.73. The topological polar surface area (TPSA) is 20.3 Å². The summed E-state index contributed by atoms with van der Waals surface area (Å²) in [5.41, 5.74) is 1.09. The number of thiophene rings is 1. The summed E-state index contributed by atoms with van der Waals surface area (Å²) in [7, 11) is 1.80. The molecule has 1 aromatic carbocycles. The van der Waals surface area contributed by atoms with Gasteiger partial charge in [-0.3, -0.25) is 4.79 Å². The maximum absolute atomic E-state index is 12.1. The van der Waals surface area contributed by atoms with Crippen molar-refractivity contribution < 1.29 is 4.79 Å². The Kier molecular flexibility index (Phi) is 5.57. The van der Waals surface area contributed by atoms with Crippen molar-refractivity contribution in [3.8, 4) is 0 Å². The molecule has 2 aromatic rings. The van der Waals surface area contributed by atoms with E-state index in [0.29, 0.717) is 6.54 Å². The number of benzene rings is 1. The lowest BCUT2D eigenvalue weighted by Gasteiger charge is -2.16. The molecule has 0 fully saturated rings. The minimum absolute atomic E-state index is 0.00900. The van der Waals surface area contributed by atoms with Gasteiger partial charge in [0.2, 0.25) is 5.91 Å². The second-order valence-corrected chi connectivity index (χ2v) is 7.61. The van der Waals surface area contributed by atoms with E-state index in [2.05, 4.69) is 31.9 Å². The van der Waals surface area contributed by atoms with Crippen LogP contribution in [0.3, 0.4) is 0 Å². The number of rotatable bonds is 4. The zero-order chi connectivity index (χ0) is 14.5. The fourth-order valence-corrected chi connectivity index (χ4v) is 3.40. The summed E-state index contributed by atoms with van der Waals surface area (Å²) >= 11 is 8.50. The number of hydrogen-bond donors (Lipinski definition) is 0. The molecule has 0 atom stereocenters. The standard InChI is InChI=1S/C15H13Br2NOS/c1-18(10-11-4-2-3-5-13(11)16)15(19)9-7-12-6-8-14(17)20-12/h2-9H,10H2,1H3/b9-7+. The highest BCUT2D eigenvalue weighted by molar-refractivity contribution is 9.11. The zero-order valence-electron chi connectivity index (χ0n) is 10.8. The maximum Gasteiger partial charge on any atom is 0.246 e. The van der Waals surface area contributed by atoms with Crippen LogP contribution in [0.1, 0.15) is 10.4 Å². The van der Waals surface area contributed by atoms with Crippen LogP contribution in [0.25, 0.3) is 6.08 Å². The Morgan fingerprint density at radius 2 is 2.00 bits per heavy atom. The van der Waals surface area contributed by atoms with Crippen molar-refractivity contribution in [1.82, 2.24) is 4.90 Å². The van der Waals surface area contributed by atoms with E-state index in [1.165, 1.54) is 0 Å². The molecule has 0 spiro atoms. The second kappa shape index (κ2) is 7.20. The van der Waals surface area contributed by atoms with Crippen LogP contribution in [0.4, 0.5) is 0 Å². The lowest BCUT2D eigenvalue weighted by atomic mass is 10.2. The van der Waals surface area contributed by atoms with Crippen molar-refractivity contribution in [3.63, 3.8) is 0 Å². The van der Waals surface area contributed by atoms with E-state index in [9.17, 15) is 4.79 Å². The zero-order valence-corrected chi connectivity index (χ0v) is 14.8. The molecule has 0 aliphatic carbocycles.